The first-order valence-corrected chi connectivity index (χ1v) is 11.3. The number of ether oxygens (including phenoxy) is 1. The Balaban J connectivity index is 1.49. The minimum absolute atomic E-state index is 0.115. The molecule has 7 nitrogen and oxygen atoms in total. The van der Waals surface area contributed by atoms with Gasteiger partial charge in [0.1, 0.15) is 11.9 Å². The quantitative estimate of drug-likeness (QED) is 0.154. The van der Waals surface area contributed by atoms with E-state index in [1.54, 1.807) is 48.5 Å². The van der Waals surface area contributed by atoms with E-state index in [-0.39, 0.29) is 17.5 Å². The van der Waals surface area contributed by atoms with Gasteiger partial charge in [0.25, 0.3) is 11.6 Å². The molecule has 1 aromatic heterocycles. The van der Waals surface area contributed by atoms with Gasteiger partial charge in [0, 0.05) is 16.6 Å². The Morgan fingerprint density at radius 3 is 2.56 bits per heavy atom. The van der Waals surface area contributed by atoms with E-state index in [1.807, 2.05) is 0 Å². The van der Waals surface area contributed by atoms with Gasteiger partial charge >= 0.3 is 0 Å². The van der Waals surface area contributed by atoms with E-state index in [0.29, 0.717) is 25.7 Å². The molecule has 32 heavy (non-hydrogen) atoms. The summed E-state index contributed by atoms with van der Waals surface area (Å²) in [4.78, 5) is 28.9. The van der Waals surface area contributed by atoms with E-state index in [2.05, 4.69) is 20.9 Å². The first-order valence-electron chi connectivity index (χ1n) is 8.93. The van der Waals surface area contributed by atoms with Crippen LogP contribution in [0.1, 0.15) is 5.56 Å². The zero-order valence-corrected chi connectivity index (χ0v) is 19.9. The van der Waals surface area contributed by atoms with E-state index in [9.17, 15) is 14.9 Å². The lowest BCUT2D eigenvalue weighted by Crippen LogP contribution is -2.27. The van der Waals surface area contributed by atoms with E-state index in [4.69, 9.17) is 28.6 Å². The standard InChI is InChI=1S/C21H11BrClN3O4S2/c22-16-7-3-13(10-17(16)23)25-20(27)18(32-21(25)31)9-12-1-5-15(6-2-12)30-19-8-4-14(11-24-19)26(28)29/h1-11H/b18-9-. The lowest BCUT2D eigenvalue weighted by Gasteiger charge is -2.15. The van der Waals surface area contributed by atoms with E-state index in [1.165, 1.54) is 28.8 Å². The van der Waals surface area contributed by atoms with Crippen LogP contribution < -0.4 is 9.64 Å². The molecule has 160 valence electrons. The summed E-state index contributed by atoms with van der Waals surface area (Å²) in [6.45, 7) is 0. The van der Waals surface area contributed by atoms with Crippen LogP contribution in [-0.4, -0.2) is 20.1 Å². The smallest absolute Gasteiger partial charge is 0.287 e. The monoisotopic (exact) mass is 547 g/mol. The minimum Gasteiger partial charge on any atom is -0.439 e. The number of thioether (sulfide) groups is 1. The maximum absolute atomic E-state index is 12.9. The number of hydrogen-bond donors (Lipinski definition) is 0. The zero-order chi connectivity index (χ0) is 22.8. The number of nitrogens with zero attached hydrogens (tertiary/aromatic N) is 3. The number of aromatic nitrogens is 1. The van der Waals surface area contributed by atoms with E-state index < -0.39 is 4.92 Å². The molecule has 3 aromatic rings. The van der Waals surface area contributed by atoms with Crippen molar-refractivity contribution in [3.63, 3.8) is 0 Å². The van der Waals surface area contributed by atoms with Crippen molar-refractivity contribution in [1.29, 1.82) is 0 Å². The van der Waals surface area contributed by atoms with Crippen molar-refractivity contribution in [3.8, 4) is 11.6 Å². The number of benzene rings is 2. The summed E-state index contributed by atoms with van der Waals surface area (Å²) in [6, 6.07) is 14.9. The van der Waals surface area contributed by atoms with E-state index in [0.717, 1.165) is 16.2 Å². The molecular weight excluding hydrogens is 538 g/mol. The lowest BCUT2D eigenvalue weighted by atomic mass is 10.2. The molecule has 1 amide bonds. The Kier molecular flexibility index (Phi) is 6.56. The van der Waals surface area contributed by atoms with Crippen LogP contribution in [0.5, 0.6) is 11.6 Å². The van der Waals surface area contributed by atoms with Gasteiger partial charge in [-0.15, -0.1) is 0 Å². The average molecular weight is 549 g/mol. The Morgan fingerprint density at radius 2 is 1.94 bits per heavy atom. The van der Waals surface area contributed by atoms with Gasteiger partial charge in [-0.2, -0.15) is 0 Å². The molecule has 0 N–H and O–H groups in total. The fourth-order valence-corrected chi connectivity index (χ4v) is 4.48. The van der Waals surface area contributed by atoms with Crippen LogP contribution in [0, 0.1) is 10.1 Å². The highest BCUT2D eigenvalue weighted by Crippen LogP contribution is 2.38. The molecule has 0 aliphatic carbocycles. The van der Waals surface area contributed by atoms with Crippen LogP contribution in [0.3, 0.4) is 0 Å². The van der Waals surface area contributed by atoms with Crippen molar-refractivity contribution in [3.05, 3.63) is 90.9 Å². The second kappa shape index (κ2) is 9.37. The third-order valence-corrected chi connectivity index (χ3v) is 6.82. The molecule has 11 heteroatoms. The highest BCUT2D eigenvalue weighted by atomic mass is 79.9. The summed E-state index contributed by atoms with van der Waals surface area (Å²) in [7, 11) is 0. The molecule has 1 saturated heterocycles. The van der Waals surface area contributed by atoms with Gasteiger partial charge in [0.15, 0.2) is 4.32 Å². The third kappa shape index (κ3) is 4.83. The number of rotatable bonds is 5. The van der Waals surface area contributed by atoms with Gasteiger partial charge in [-0.05, 0) is 57.9 Å². The average Bonchev–Trinajstić information content (AvgIpc) is 3.05. The largest absolute Gasteiger partial charge is 0.439 e. The molecule has 0 saturated carbocycles. The van der Waals surface area contributed by atoms with Gasteiger partial charge in [0.05, 0.1) is 20.5 Å². The number of thiocarbonyl (C=S) groups is 1. The molecule has 4 rings (SSSR count). The maximum Gasteiger partial charge on any atom is 0.287 e. The number of amides is 1. The summed E-state index contributed by atoms with van der Waals surface area (Å²) in [6.07, 6.45) is 2.87. The van der Waals surface area contributed by atoms with Crippen molar-refractivity contribution in [2.45, 2.75) is 0 Å². The Bertz CT molecular complexity index is 1270. The summed E-state index contributed by atoms with van der Waals surface area (Å²) in [5.74, 6) is 0.506. The van der Waals surface area contributed by atoms with Crippen LogP contribution in [0.4, 0.5) is 11.4 Å². The van der Waals surface area contributed by atoms with Gasteiger partial charge in [-0.3, -0.25) is 19.8 Å². The highest BCUT2D eigenvalue weighted by Gasteiger charge is 2.33. The fourth-order valence-electron chi connectivity index (χ4n) is 2.76. The van der Waals surface area contributed by atoms with Gasteiger partial charge < -0.3 is 4.74 Å². The zero-order valence-electron chi connectivity index (χ0n) is 15.9. The third-order valence-electron chi connectivity index (χ3n) is 4.29. The number of pyridine rings is 1. The lowest BCUT2D eigenvalue weighted by molar-refractivity contribution is -0.385. The predicted octanol–water partition coefficient (Wildman–Crippen LogP) is 6.60. The van der Waals surface area contributed by atoms with Crippen molar-refractivity contribution in [2.75, 3.05) is 4.90 Å². The van der Waals surface area contributed by atoms with Gasteiger partial charge in [-0.25, -0.2) is 4.98 Å². The Labute approximate surface area is 205 Å². The van der Waals surface area contributed by atoms with Crippen molar-refractivity contribution >= 4 is 79.2 Å². The summed E-state index contributed by atoms with van der Waals surface area (Å²) in [5.41, 5.74) is 1.27. The van der Waals surface area contributed by atoms with Crippen LogP contribution in [-0.2, 0) is 4.79 Å². The molecule has 0 spiro atoms. The van der Waals surface area contributed by atoms with Gasteiger partial charge in [0.2, 0.25) is 5.88 Å². The number of halogens is 2. The molecule has 1 aliphatic rings. The molecule has 1 fully saturated rings. The summed E-state index contributed by atoms with van der Waals surface area (Å²) in [5, 5.41) is 11.2. The Hall–Kier alpha value is -2.79. The van der Waals surface area contributed by atoms with Crippen molar-refractivity contribution in [2.24, 2.45) is 0 Å². The van der Waals surface area contributed by atoms with Crippen molar-refractivity contribution < 1.29 is 14.5 Å². The van der Waals surface area contributed by atoms with Crippen LogP contribution >= 0.6 is 51.5 Å². The van der Waals surface area contributed by atoms with Crippen molar-refractivity contribution in [1.82, 2.24) is 4.98 Å². The highest BCUT2D eigenvalue weighted by molar-refractivity contribution is 9.10. The first-order chi connectivity index (χ1) is 15.3. The topological polar surface area (TPSA) is 85.6 Å². The molecule has 0 unspecified atom stereocenters. The fraction of sp³-hybridized carbons (Fsp3) is 0. The normalized spacial score (nSPS) is 14.8. The predicted molar refractivity (Wildman–Crippen MR) is 132 cm³/mol. The number of anilines is 1. The van der Waals surface area contributed by atoms with E-state index >= 15 is 0 Å². The summed E-state index contributed by atoms with van der Waals surface area (Å²) < 4.78 is 6.75. The second-order valence-corrected chi connectivity index (χ2v) is 9.34. The Morgan fingerprint density at radius 1 is 1.19 bits per heavy atom. The van der Waals surface area contributed by atoms with Crippen LogP contribution in [0.25, 0.3) is 6.08 Å². The van der Waals surface area contributed by atoms with Crippen LogP contribution in [0.15, 0.2) is 70.2 Å². The number of hydrogen-bond acceptors (Lipinski definition) is 7. The second-order valence-electron chi connectivity index (χ2n) is 6.40. The molecule has 2 heterocycles. The first kappa shape index (κ1) is 22.4. The van der Waals surface area contributed by atoms with Crippen LogP contribution in [0.2, 0.25) is 5.02 Å². The number of carbonyl (C=O) groups is 1. The minimum atomic E-state index is -0.528. The number of carbonyl (C=O) groups excluding carboxylic acids is 1. The number of nitro groups is 1. The molecule has 0 atom stereocenters. The molecule has 0 bridgehead atoms. The maximum atomic E-state index is 12.9. The molecular formula is C21H11BrClN3O4S2. The molecule has 1 aliphatic heterocycles. The van der Waals surface area contributed by atoms with Gasteiger partial charge in [-0.1, -0.05) is 47.7 Å². The summed E-state index contributed by atoms with van der Waals surface area (Å²) >= 11 is 16.1. The molecule has 2 aromatic carbocycles. The SMILES string of the molecule is O=C1/C(=C/c2ccc(Oc3ccc([N+](=O)[O-])cn3)cc2)SC(=S)N1c1ccc(Br)c(Cl)c1. The molecule has 0 radical (unpaired) electrons.